The van der Waals surface area contributed by atoms with Crippen LogP contribution in [-0.2, 0) is 11.2 Å². The van der Waals surface area contributed by atoms with Crippen LogP contribution in [0.2, 0.25) is 0 Å². The fraction of sp³-hybridized carbons (Fsp3) is 0.643. The standard InChI is InChI=1S/C14H24N4O4/c1-10(2)16-8-12(19)9-22-13-17-6-11(7-18-13)4-5-15-14(20)21-3/h6-7,10,12,16,19H,4-5,8-9H2,1-3H3,(H,15,20). The van der Waals surface area contributed by atoms with Gasteiger partial charge in [0, 0.05) is 31.5 Å². The zero-order valence-corrected chi connectivity index (χ0v) is 13.2. The molecule has 124 valence electrons. The smallest absolute Gasteiger partial charge is 0.406 e. The molecule has 0 fully saturated rings. The number of rotatable bonds is 9. The molecule has 1 unspecified atom stereocenters. The summed E-state index contributed by atoms with van der Waals surface area (Å²) in [7, 11) is 1.32. The van der Waals surface area contributed by atoms with Crippen molar-refractivity contribution in [1.82, 2.24) is 20.6 Å². The zero-order chi connectivity index (χ0) is 16.4. The van der Waals surface area contributed by atoms with E-state index in [1.165, 1.54) is 7.11 Å². The van der Waals surface area contributed by atoms with Gasteiger partial charge in [-0.25, -0.2) is 14.8 Å². The normalized spacial score (nSPS) is 12.0. The van der Waals surface area contributed by atoms with Gasteiger partial charge in [0.2, 0.25) is 0 Å². The molecule has 0 aliphatic heterocycles. The largest absolute Gasteiger partial charge is 0.461 e. The number of nitrogens with one attached hydrogen (secondary N) is 2. The molecule has 0 spiro atoms. The van der Waals surface area contributed by atoms with Gasteiger partial charge in [-0.1, -0.05) is 13.8 Å². The Morgan fingerprint density at radius 2 is 2.05 bits per heavy atom. The number of alkyl carbamates (subject to hydrolysis) is 1. The van der Waals surface area contributed by atoms with Gasteiger partial charge >= 0.3 is 12.1 Å². The van der Waals surface area contributed by atoms with Gasteiger partial charge in [-0.3, -0.25) is 0 Å². The molecule has 1 amide bonds. The van der Waals surface area contributed by atoms with Gasteiger partial charge < -0.3 is 25.2 Å². The van der Waals surface area contributed by atoms with Crippen LogP contribution in [0, 0.1) is 0 Å². The molecular weight excluding hydrogens is 288 g/mol. The Balaban J connectivity index is 2.28. The Labute approximate surface area is 130 Å². The number of aliphatic hydroxyl groups is 1. The summed E-state index contributed by atoms with van der Waals surface area (Å²) in [5.74, 6) is 0. The molecule has 0 aromatic carbocycles. The van der Waals surface area contributed by atoms with Crippen molar-refractivity contribution >= 4 is 6.09 Å². The van der Waals surface area contributed by atoms with Crippen molar-refractivity contribution in [3.8, 4) is 6.01 Å². The molecule has 3 N–H and O–H groups in total. The number of hydrogen-bond acceptors (Lipinski definition) is 7. The molecule has 0 radical (unpaired) electrons. The Hall–Kier alpha value is -1.93. The molecule has 0 saturated carbocycles. The van der Waals surface area contributed by atoms with Crippen LogP contribution in [0.15, 0.2) is 12.4 Å². The van der Waals surface area contributed by atoms with E-state index in [0.717, 1.165) is 5.56 Å². The van der Waals surface area contributed by atoms with E-state index in [9.17, 15) is 9.90 Å². The molecule has 0 aliphatic carbocycles. The lowest BCUT2D eigenvalue weighted by atomic mass is 10.2. The van der Waals surface area contributed by atoms with Gasteiger partial charge in [0.05, 0.1) is 7.11 Å². The number of carbonyl (C=O) groups excluding carboxylic acids is 1. The van der Waals surface area contributed by atoms with E-state index in [1.807, 2.05) is 13.8 Å². The van der Waals surface area contributed by atoms with E-state index >= 15 is 0 Å². The van der Waals surface area contributed by atoms with Gasteiger partial charge in [-0.15, -0.1) is 0 Å². The minimum atomic E-state index is -0.616. The van der Waals surface area contributed by atoms with Crippen molar-refractivity contribution < 1.29 is 19.4 Å². The highest BCUT2D eigenvalue weighted by Crippen LogP contribution is 2.03. The lowest BCUT2D eigenvalue weighted by molar-refractivity contribution is 0.0992. The number of carbonyl (C=O) groups is 1. The maximum absolute atomic E-state index is 10.9. The van der Waals surface area contributed by atoms with E-state index in [4.69, 9.17) is 4.74 Å². The van der Waals surface area contributed by atoms with Crippen LogP contribution in [0.5, 0.6) is 6.01 Å². The van der Waals surface area contributed by atoms with Gasteiger partial charge in [-0.2, -0.15) is 0 Å². The van der Waals surface area contributed by atoms with Crippen molar-refractivity contribution in [3.05, 3.63) is 18.0 Å². The van der Waals surface area contributed by atoms with Crippen LogP contribution in [0.1, 0.15) is 19.4 Å². The van der Waals surface area contributed by atoms with Crippen molar-refractivity contribution in [2.24, 2.45) is 0 Å². The lowest BCUT2D eigenvalue weighted by Crippen LogP contribution is -2.35. The molecule has 1 aromatic heterocycles. The summed E-state index contributed by atoms with van der Waals surface area (Å²) in [6.07, 6.45) is 2.76. The topological polar surface area (TPSA) is 106 Å². The fourth-order valence-corrected chi connectivity index (χ4v) is 1.53. The summed E-state index contributed by atoms with van der Waals surface area (Å²) in [6, 6.07) is 0.525. The van der Waals surface area contributed by atoms with E-state index in [0.29, 0.717) is 25.6 Å². The second kappa shape index (κ2) is 9.91. The first-order valence-corrected chi connectivity index (χ1v) is 7.18. The average Bonchev–Trinajstić information content (AvgIpc) is 2.51. The molecule has 8 nitrogen and oxygen atoms in total. The quantitative estimate of drug-likeness (QED) is 0.594. The lowest BCUT2D eigenvalue weighted by Gasteiger charge is -2.14. The summed E-state index contributed by atoms with van der Waals surface area (Å²) in [5.41, 5.74) is 0.866. The first kappa shape index (κ1) is 18.1. The first-order valence-electron chi connectivity index (χ1n) is 7.18. The zero-order valence-electron chi connectivity index (χ0n) is 13.2. The van der Waals surface area contributed by atoms with Crippen LogP contribution in [0.25, 0.3) is 0 Å². The number of amides is 1. The van der Waals surface area contributed by atoms with Crippen molar-refractivity contribution in [1.29, 1.82) is 0 Å². The molecule has 1 aromatic rings. The number of nitrogens with zero attached hydrogens (tertiary/aromatic N) is 2. The minimum Gasteiger partial charge on any atom is -0.461 e. The summed E-state index contributed by atoms with van der Waals surface area (Å²) in [4.78, 5) is 19.0. The number of ether oxygens (including phenoxy) is 2. The summed E-state index contributed by atoms with van der Waals surface area (Å²) in [6.45, 7) is 5.03. The third-order valence-corrected chi connectivity index (χ3v) is 2.72. The van der Waals surface area contributed by atoms with E-state index in [2.05, 4.69) is 25.3 Å². The summed E-state index contributed by atoms with van der Waals surface area (Å²) >= 11 is 0. The first-order chi connectivity index (χ1) is 10.5. The van der Waals surface area contributed by atoms with Crippen LogP contribution in [0.3, 0.4) is 0 Å². The van der Waals surface area contributed by atoms with Gasteiger partial charge in [0.15, 0.2) is 0 Å². The predicted molar refractivity (Wildman–Crippen MR) is 80.8 cm³/mol. The number of aromatic nitrogens is 2. The van der Waals surface area contributed by atoms with Gasteiger partial charge in [-0.05, 0) is 12.0 Å². The highest BCUT2D eigenvalue weighted by molar-refractivity contribution is 5.66. The molecule has 0 aliphatic rings. The second-order valence-electron chi connectivity index (χ2n) is 5.07. The fourth-order valence-electron chi connectivity index (χ4n) is 1.53. The molecule has 1 atom stereocenters. The molecule has 8 heteroatoms. The summed E-state index contributed by atoms with van der Waals surface area (Å²) < 4.78 is 9.78. The average molecular weight is 312 g/mol. The Morgan fingerprint density at radius 3 is 2.64 bits per heavy atom. The summed E-state index contributed by atoms with van der Waals surface area (Å²) in [5, 5.41) is 15.4. The Morgan fingerprint density at radius 1 is 1.36 bits per heavy atom. The highest BCUT2D eigenvalue weighted by Gasteiger charge is 2.07. The van der Waals surface area contributed by atoms with Crippen LogP contribution < -0.4 is 15.4 Å². The number of hydrogen-bond donors (Lipinski definition) is 3. The van der Waals surface area contributed by atoms with Gasteiger partial charge in [0.1, 0.15) is 12.7 Å². The van der Waals surface area contributed by atoms with E-state index in [1.54, 1.807) is 12.4 Å². The minimum absolute atomic E-state index is 0.128. The van der Waals surface area contributed by atoms with E-state index < -0.39 is 12.2 Å². The monoisotopic (exact) mass is 312 g/mol. The van der Waals surface area contributed by atoms with Crippen LogP contribution in [0.4, 0.5) is 4.79 Å². The van der Waals surface area contributed by atoms with Gasteiger partial charge in [0.25, 0.3) is 0 Å². The van der Waals surface area contributed by atoms with Crippen molar-refractivity contribution in [2.45, 2.75) is 32.4 Å². The molecule has 0 bridgehead atoms. The molecular formula is C14H24N4O4. The maximum atomic E-state index is 10.9. The molecule has 1 heterocycles. The Bertz CT molecular complexity index is 439. The predicted octanol–water partition coefficient (Wildman–Crippen LogP) is 0.113. The molecule has 1 rings (SSSR count). The number of methoxy groups -OCH3 is 1. The second-order valence-corrected chi connectivity index (χ2v) is 5.07. The molecule has 0 saturated heterocycles. The third-order valence-electron chi connectivity index (χ3n) is 2.72. The number of aliphatic hydroxyl groups excluding tert-OH is 1. The van der Waals surface area contributed by atoms with Crippen molar-refractivity contribution in [3.63, 3.8) is 0 Å². The van der Waals surface area contributed by atoms with Crippen molar-refractivity contribution in [2.75, 3.05) is 26.8 Å². The van der Waals surface area contributed by atoms with E-state index in [-0.39, 0.29) is 12.6 Å². The maximum Gasteiger partial charge on any atom is 0.406 e. The third kappa shape index (κ3) is 7.75. The van der Waals surface area contributed by atoms with Crippen LogP contribution >= 0.6 is 0 Å². The Kier molecular flexibility index (Phi) is 8.16. The molecule has 22 heavy (non-hydrogen) atoms. The SMILES string of the molecule is COC(=O)NCCc1cnc(OCC(O)CNC(C)C)nc1. The van der Waals surface area contributed by atoms with Crippen LogP contribution in [-0.4, -0.2) is 60.1 Å². The highest BCUT2D eigenvalue weighted by atomic mass is 16.5.